The third kappa shape index (κ3) is 4.98. The first-order valence-corrected chi connectivity index (χ1v) is 9.76. The van der Waals surface area contributed by atoms with Gasteiger partial charge in [-0.05, 0) is 31.4 Å². The van der Waals surface area contributed by atoms with Crippen molar-refractivity contribution in [1.82, 2.24) is 4.31 Å². The minimum absolute atomic E-state index is 0.0733. The summed E-state index contributed by atoms with van der Waals surface area (Å²) in [5.41, 5.74) is -0.376. The van der Waals surface area contributed by atoms with Crippen molar-refractivity contribution in [3.8, 4) is 0 Å². The van der Waals surface area contributed by atoms with Crippen molar-refractivity contribution in [2.45, 2.75) is 32.2 Å². The molecule has 1 unspecified atom stereocenters. The quantitative estimate of drug-likeness (QED) is 0.715. The molecule has 1 aromatic carbocycles. The van der Waals surface area contributed by atoms with E-state index in [1.165, 1.54) is 0 Å². The van der Waals surface area contributed by atoms with Gasteiger partial charge in [-0.3, -0.25) is 9.59 Å². The number of hydrogen-bond donors (Lipinski definition) is 1. The zero-order chi connectivity index (χ0) is 19.3. The predicted molar refractivity (Wildman–Crippen MR) is 89.8 cm³/mol. The minimum Gasteiger partial charge on any atom is -0.454 e. The van der Waals surface area contributed by atoms with Crippen molar-refractivity contribution < 1.29 is 31.5 Å². The first-order valence-electron chi connectivity index (χ1n) is 8.15. The highest BCUT2D eigenvalue weighted by Crippen LogP contribution is 2.23. The molecule has 1 aromatic rings. The number of sulfonamides is 1. The van der Waals surface area contributed by atoms with Gasteiger partial charge >= 0.3 is 5.97 Å². The Bertz CT molecular complexity index is 785. The Morgan fingerprint density at radius 1 is 1.35 bits per heavy atom. The maximum Gasteiger partial charge on any atom is 0.324 e. The molecule has 1 amide bonds. The number of anilines is 1. The number of benzene rings is 1. The summed E-state index contributed by atoms with van der Waals surface area (Å²) in [6.45, 7) is 1.21. The van der Waals surface area contributed by atoms with Crippen molar-refractivity contribution in [3.05, 3.63) is 29.8 Å². The minimum atomic E-state index is -3.56. The lowest BCUT2D eigenvalue weighted by Gasteiger charge is -2.22. The summed E-state index contributed by atoms with van der Waals surface area (Å²) in [6, 6.07) is 1.58. The van der Waals surface area contributed by atoms with Crippen LogP contribution in [0.4, 0.5) is 14.5 Å². The lowest BCUT2D eigenvalue weighted by atomic mass is 10.2. The molecule has 1 aliphatic rings. The average molecular weight is 390 g/mol. The van der Waals surface area contributed by atoms with Gasteiger partial charge < -0.3 is 10.1 Å². The third-order valence-electron chi connectivity index (χ3n) is 3.84. The van der Waals surface area contributed by atoms with Gasteiger partial charge in [-0.2, -0.15) is 4.31 Å². The van der Waals surface area contributed by atoms with Crippen molar-refractivity contribution >= 4 is 27.6 Å². The van der Waals surface area contributed by atoms with Crippen LogP contribution in [0.5, 0.6) is 0 Å². The van der Waals surface area contributed by atoms with Crippen molar-refractivity contribution in [3.63, 3.8) is 0 Å². The standard InChI is InChI=1S/C16H20F2N2O5S/c1-2-8-26(23,24)20-7-3-4-14(20)16(22)25-10-15(21)19-13-9-11(17)5-6-12(13)18/h5-6,9,14H,2-4,7-8,10H2,1H3,(H,19,21). The number of halogens is 2. The van der Waals surface area contributed by atoms with Crippen LogP contribution in [0.1, 0.15) is 26.2 Å². The summed E-state index contributed by atoms with van der Waals surface area (Å²) >= 11 is 0. The molecule has 0 radical (unpaired) electrons. The highest BCUT2D eigenvalue weighted by atomic mass is 32.2. The number of rotatable bonds is 7. The van der Waals surface area contributed by atoms with Crippen molar-refractivity contribution in [1.29, 1.82) is 0 Å². The van der Waals surface area contributed by atoms with Gasteiger partial charge in [-0.1, -0.05) is 6.92 Å². The van der Waals surface area contributed by atoms with E-state index in [-0.39, 0.29) is 18.0 Å². The molecular weight excluding hydrogens is 370 g/mol. The van der Waals surface area contributed by atoms with Crippen molar-refractivity contribution in [2.75, 3.05) is 24.2 Å². The highest BCUT2D eigenvalue weighted by molar-refractivity contribution is 7.89. The van der Waals surface area contributed by atoms with Crippen LogP contribution in [0.2, 0.25) is 0 Å². The van der Waals surface area contributed by atoms with Crippen LogP contribution in [-0.4, -0.2) is 49.5 Å². The Labute approximate surface area is 150 Å². The van der Waals surface area contributed by atoms with Crippen LogP contribution < -0.4 is 5.32 Å². The van der Waals surface area contributed by atoms with Crippen LogP contribution in [0.25, 0.3) is 0 Å². The summed E-state index contributed by atoms with van der Waals surface area (Å²) in [6.07, 6.45) is 1.24. The summed E-state index contributed by atoms with van der Waals surface area (Å²) in [5, 5.41) is 2.10. The molecule has 10 heteroatoms. The van der Waals surface area contributed by atoms with Crippen molar-refractivity contribution in [2.24, 2.45) is 0 Å². The van der Waals surface area contributed by atoms with E-state index in [0.29, 0.717) is 19.3 Å². The Hall–Kier alpha value is -2.07. The highest BCUT2D eigenvalue weighted by Gasteiger charge is 2.39. The van der Waals surface area contributed by atoms with E-state index in [4.69, 9.17) is 4.74 Å². The van der Waals surface area contributed by atoms with Gasteiger partial charge in [-0.15, -0.1) is 0 Å². The maximum absolute atomic E-state index is 13.5. The number of ether oxygens (including phenoxy) is 1. The third-order valence-corrected chi connectivity index (χ3v) is 5.92. The number of nitrogens with one attached hydrogen (secondary N) is 1. The van der Waals surface area contributed by atoms with Crippen LogP contribution in [0, 0.1) is 11.6 Å². The number of carbonyl (C=O) groups is 2. The van der Waals surface area contributed by atoms with Gasteiger partial charge in [0.2, 0.25) is 10.0 Å². The first-order chi connectivity index (χ1) is 12.2. The fourth-order valence-electron chi connectivity index (χ4n) is 2.70. The molecule has 0 saturated carbocycles. The Balaban J connectivity index is 1.93. The van der Waals surface area contributed by atoms with Crippen LogP contribution in [-0.2, 0) is 24.3 Å². The molecule has 144 valence electrons. The smallest absolute Gasteiger partial charge is 0.324 e. The largest absolute Gasteiger partial charge is 0.454 e. The van der Waals surface area contributed by atoms with E-state index >= 15 is 0 Å². The second kappa shape index (κ2) is 8.54. The molecule has 1 N–H and O–H groups in total. The second-order valence-electron chi connectivity index (χ2n) is 5.86. The molecule has 0 bridgehead atoms. The van der Waals surface area contributed by atoms with Gasteiger partial charge in [0.05, 0.1) is 11.4 Å². The Morgan fingerprint density at radius 3 is 2.77 bits per heavy atom. The molecule has 1 atom stereocenters. The summed E-state index contributed by atoms with van der Waals surface area (Å²) in [5.74, 6) is -3.34. The Morgan fingerprint density at radius 2 is 2.08 bits per heavy atom. The fraction of sp³-hybridized carbons (Fsp3) is 0.500. The maximum atomic E-state index is 13.5. The van der Waals surface area contributed by atoms with E-state index in [2.05, 4.69) is 5.32 Å². The molecule has 1 heterocycles. The molecule has 26 heavy (non-hydrogen) atoms. The lowest BCUT2D eigenvalue weighted by molar-refractivity contribution is -0.150. The van der Waals surface area contributed by atoms with E-state index in [9.17, 15) is 26.8 Å². The zero-order valence-electron chi connectivity index (χ0n) is 14.2. The van der Waals surface area contributed by atoms with Gasteiger partial charge in [0.15, 0.2) is 6.61 Å². The van der Waals surface area contributed by atoms with Crippen LogP contribution >= 0.6 is 0 Å². The molecule has 0 spiro atoms. The fourth-order valence-corrected chi connectivity index (χ4v) is 4.43. The predicted octanol–water partition coefficient (Wildman–Crippen LogP) is 1.65. The molecule has 1 aliphatic heterocycles. The molecule has 1 saturated heterocycles. The van der Waals surface area contributed by atoms with Gasteiger partial charge in [0.25, 0.3) is 5.91 Å². The average Bonchev–Trinajstić information content (AvgIpc) is 3.07. The molecule has 0 aromatic heterocycles. The lowest BCUT2D eigenvalue weighted by Crippen LogP contribution is -2.43. The number of nitrogens with zero attached hydrogens (tertiary/aromatic N) is 1. The Kier molecular flexibility index (Phi) is 6.65. The van der Waals surface area contributed by atoms with E-state index in [1.807, 2.05) is 0 Å². The zero-order valence-corrected chi connectivity index (χ0v) is 15.0. The van der Waals surface area contributed by atoms with Crippen LogP contribution in [0.15, 0.2) is 18.2 Å². The van der Waals surface area contributed by atoms with Crippen LogP contribution in [0.3, 0.4) is 0 Å². The normalized spacial score (nSPS) is 17.9. The van der Waals surface area contributed by atoms with Gasteiger partial charge in [0.1, 0.15) is 17.7 Å². The molecule has 2 rings (SSSR count). The summed E-state index contributed by atoms with van der Waals surface area (Å²) in [7, 11) is -3.56. The summed E-state index contributed by atoms with van der Waals surface area (Å²) < 4.78 is 56.8. The van der Waals surface area contributed by atoms with E-state index in [0.717, 1.165) is 22.5 Å². The molecule has 7 nitrogen and oxygen atoms in total. The number of amides is 1. The second-order valence-corrected chi connectivity index (χ2v) is 7.91. The first kappa shape index (κ1) is 20.2. The number of hydrogen-bond acceptors (Lipinski definition) is 5. The van der Waals surface area contributed by atoms with Gasteiger partial charge in [0, 0.05) is 12.6 Å². The van der Waals surface area contributed by atoms with Gasteiger partial charge in [-0.25, -0.2) is 17.2 Å². The summed E-state index contributed by atoms with van der Waals surface area (Å²) in [4.78, 5) is 23.9. The molecule has 1 fully saturated rings. The van der Waals surface area contributed by atoms with E-state index < -0.39 is 46.2 Å². The SMILES string of the molecule is CCCS(=O)(=O)N1CCCC1C(=O)OCC(=O)Nc1cc(F)ccc1F. The van der Waals surface area contributed by atoms with E-state index in [1.54, 1.807) is 6.92 Å². The molecule has 0 aliphatic carbocycles. The monoisotopic (exact) mass is 390 g/mol. The number of esters is 1. The number of carbonyl (C=O) groups excluding carboxylic acids is 2. The topological polar surface area (TPSA) is 92.8 Å². The molecular formula is C16H20F2N2O5S.